The summed E-state index contributed by atoms with van der Waals surface area (Å²) in [6.07, 6.45) is 6.04. The van der Waals surface area contributed by atoms with Gasteiger partial charge in [0.1, 0.15) is 5.82 Å². The molecular formula is C12H21N3O. The van der Waals surface area contributed by atoms with Gasteiger partial charge in [-0.15, -0.1) is 0 Å². The van der Waals surface area contributed by atoms with Gasteiger partial charge in [-0.25, -0.2) is 0 Å². The summed E-state index contributed by atoms with van der Waals surface area (Å²) < 4.78 is 1.95. The molecule has 0 bridgehead atoms. The third kappa shape index (κ3) is 2.21. The van der Waals surface area contributed by atoms with Crippen molar-refractivity contribution < 1.29 is 5.11 Å². The Morgan fingerprint density at radius 3 is 2.94 bits per heavy atom. The Morgan fingerprint density at radius 1 is 1.44 bits per heavy atom. The Kier molecular flexibility index (Phi) is 3.49. The van der Waals surface area contributed by atoms with Crippen molar-refractivity contribution in [2.75, 3.05) is 5.73 Å². The first-order chi connectivity index (χ1) is 7.72. The van der Waals surface area contributed by atoms with Crippen molar-refractivity contribution in [3.05, 3.63) is 11.8 Å². The van der Waals surface area contributed by atoms with E-state index in [4.69, 9.17) is 5.73 Å². The zero-order valence-corrected chi connectivity index (χ0v) is 9.89. The second kappa shape index (κ2) is 4.87. The van der Waals surface area contributed by atoms with Gasteiger partial charge in [0.05, 0.1) is 12.1 Å². The summed E-state index contributed by atoms with van der Waals surface area (Å²) in [5.74, 6) is 0.563. The molecule has 2 unspecified atom stereocenters. The van der Waals surface area contributed by atoms with Crippen LogP contribution in [0, 0.1) is 0 Å². The predicted octanol–water partition coefficient (Wildman–Crippen LogP) is 1.89. The Bertz CT molecular complexity index is 348. The Balaban J connectivity index is 2.26. The number of aliphatic hydroxyl groups excluding tert-OH is 1. The molecule has 0 spiro atoms. The van der Waals surface area contributed by atoms with Crippen LogP contribution >= 0.6 is 0 Å². The standard InChI is InChI=1S/C12H21N3O/c1-2-9-8-12(13)14-15(9)10-6-4-3-5-7-11(10)16/h8,10-11,16H,2-7H2,1H3,(H2,13,14). The van der Waals surface area contributed by atoms with E-state index in [1.54, 1.807) is 0 Å². The maximum Gasteiger partial charge on any atom is 0.145 e. The zero-order chi connectivity index (χ0) is 11.5. The fraction of sp³-hybridized carbons (Fsp3) is 0.750. The largest absolute Gasteiger partial charge is 0.391 e. The number of nitrogens with zero attached hydrogens (tertiary/aromatic N) is 2. The van der Waals surface area contributed by atoms with Crippen LogP contribution in [0.1, 0.15) is 50.8 Å². The summed E-state index contributed by atoms with van der Waals surface area (Å²) in [5, 5.41) is 14.5. The van der Waals surface area contributed by atoms with Gasteiger partial charge in [-0.2, -0.15) is 5.10 Å². The summed E-state index contributed by atoms with van der Waals surface area (Å²) in [5.41, 5.74) is 6.86. The van der Waals surface area contributed by atoms with E-state index in [0.717, 1.165) is 31.4 Å². The van der Waals surface area contributed by atoms with Gasteiger partial charge in [0.15, 0.2) is 0 Å². The number of nitrogens with two attached hydrogens (primary N) is 1. The number of nitrogen functional groups attached to an aromatic ring is 1. The number of anilines is 1. The first-order valence-electron chi connectivity index (χ1n) is 6.24. The first kappa shape index (κ1) is 11.5. The van der Waals surface area contributed by atoms with Gasteiger partial charge < -0.3 is 10.8 Å². The van der Waals surface area contributed by atoms with E-state index < -0.39 is 0 Å². The number of aromatic nitrogens is 2. The third-order valence-electron chi connectivity index (χ3n) is 3.45. The molecule has 1 aliphatic rings. The van der Waals surface area contributed by atoms with Gasteiger partial charge in [0.25, 0.3) is 0 Å². The van der Waals surface area contributed by atoms with Crippen LogP contribution in [0.3, 0.4) is 0 Å². The minimum Gasteiger partial charge on any atom is -0.391 e. The van der Waals surface area contributed by atoms with Crippen LogP contribution in [-0.2, 0) is 6.42 Å². The molecule has 16 heavy (non-hydrogen) atoms. The van der Waals surface area contributed by atoms with Crippen molar-refractivity contribution in [1.82, 2.24) is 9.78 Å². The minimum atomic E-state index is -0.271. The Morgan fingerprint density at radius 2 is 2.19 bits per heavy atom. The smallest absolute Gasteiger partial charge is 0.145 e. The van der Waals surface area contributed by atoms with E-state index in [-0.39, 0.29) is 12.1 Å². The molecule has 1 heterocycles. The van der Waals surface area contributed by atoms with Crippen molar-refractivity contribution in [1.29, 1.82) is 0 Å². The van der Waals surface area contributed by atoms with E-state index in [1.165, 1.54) is 12.8 Å². The van der Waals surface area contributed by atoms with Crippen LogP contribution in [0.5, 0.6) is 0 Å². The van der Waals surface area contributed by atoms with E-state index in [1.807, 2.05) is 10.7 Å². The van der Waals surface area contributed by atoms with Gasteiger partial charge in [-0.05, 0) is 19.3 Å². The maximum atomic E-state index is 10.1. The van der Waals surface area contributed by atoms with Crippen molar-refractivity contribution in [3.63, 3.8) is 0 Å². The first-order valence-corrected chi connectivity index (χ1v) is 6.24. The molecular weight excluding hydrogens is 202 g/mol. The van der Waals surface area contributed by atoms with E-state index >= 15 is 0 Å². The second-order valence-corrected chi connectivity index (χ2v) is 4.63. The van der Waals surface area contributed by atoms with Gasteiger partial charge in [0, 0.05) is 11.8 Å². The van der Waals surface area contributed by atoms with Gasteiger partial charge in [-0.1, -0.05) is 26.2 Å². The molecule has 4 nitrogen and oxygen atoms in total. The number of rotatable bonds is 2. The molecule has 0 aromatic carbocycles. The van der Waals surface area contributed by atoms with Crippen molar-refractivity contribution >= 4 is 5.82 Å². The topological polar surface area (TPSA) is 64.1 Å². The Labute approximate surface area is 96.5 Å². The molecule has 2 rings (SSSR count). The van der Waals surface area contributed by atoms with Crippen LogP contribution in [0.25, 0.3) is 0 Å². The monoisotopic (exact) mass is 223 g/mol. The maximum absolute atomic E-state index is 10.1. The van der Waals surface area contributed by atoms with Crippen LogP contribution in [0.2, 0.25) is 0 Å². The van der Waals surface area contributed by atoms with E-state index in [0.29, 0.717) is 5.82 Å². The molecule has 1 aromatic rings. The molecule has 1 aliphatic carbocycles. The van der Waals surface area contributed by atoms with E-state index in [9.17, 15) is 5.11 Å². The van der Waals surface area contributed by atoms with Crippen LogP contribution in [-0.4, -0.2) is 21.0 Å². The lowest BCUT2D eigenvalue weighted by Gasteiger charge is -2.22. The molecule has 90 valence electrons. The minimum absolute atomic E-state index is 0.120. The highest BCUT2D eigenvalue weighted by molar-refractivity contribution is 5.30. The fourth-order valence-corrected chi connectivity index (χ4v) is 2.56. The summed E-state index contributed by atoms with van der Waals surface area (Å²) in [6, 6.07) is 2.03. The summed E-state index contributed by atoms with van der Waals surface area (Å²) in [7, 11) is 0. The highest BCUT2D eigenvalue weighted by Gasteiger charge is 2.25. The molecule has 0 saturated heterocycles. The fourth-order valence-electron chi connectivity index (χ4n) is 2.56. The molecule has 3 N–H and O–H groups in total. The molecule has 4 heteroatoms. The van der Waals surface area contributed by atoms with Crippen molar-refractivity contribution in [2.45, 2.75) is 57.6 Å². The lowest BCUT2D eigenvalue weighted by atomic mass is 10.1. The lowest BCUT2D eigenvalue weighted by Crippen LogP contribution is -2.25. The van der Waals surface area contributed by atoms with Crippen LogP contribution in [0.4, 0.5) is 5.82 Å². The quantitative estimate of drug-likeness (QED) is 0.753. The number of hydrogen-bond donors (Lipinski definition) is 2. The summed E-state index contributed by atoms with van der Waals surface area (Å²) in [6.45, 7) is 2.09. The molecule has 0 amide bonds. The Hall–Kier alpha value is -1.03. The van der Waals surface area contributed by atoms with Gasteiger partial charge >= 0.3 is 0 Å². The van der Waals surface area contributed by atoms with Gasteiger partial charge in [-0.3, -0.25) is 4.68 Å². The molecule has 1 saturated carbocycles. The normalized spacial score (nSPS) is 26.6. The van der Waals surface area contributed by atoms with E-state index in [2.05, 4.69) is 12.0 Å². The highest BCUT2D eigenvalue weighted by Crippen LogP contribution is 2.29. The molecule has 0 aliphatic heterocycles. The van der Waals surface area contributed by atoms with Crippen LogP contribution in [0.15, 0.2) is 6.07 Å². The summed E-state index contributed by atoms with van der Waals surface area (Å²) >= 11 is 0. The van der Waals surface area contributed by atoms with Gasteiger partial charge in [0.2, 0.25) is 0 Å². The lowest BCUT2D eigenvalue weighted by molar-refractivity contribution is 0.0977. The van der Waals surface area contributed by atoms with Crippen LogP contribution < -0.4 is 5.73 Å². The van der Waals surface area contributed by atoms with Crippen molar-refractivity contribution in [3.8, 4) is 0 Å². The molecule has 1 aromatic heterocycles. The number of aryl methyl sites for hydroxylation is 1. The van der Waals surface area contributed by atoms with Crippen molar-refractivity contribution in [2.24, 2.45) is 0 Å². The number of hydrogen-bond acceptors (Lipinski definition) is 3. The molecule has 1 fully saturated rings. The highest BCUT2D eigenvalue weighted by atomic mass is 16.3. The predicted molar refractivity (Wildman–Crippen MR) is 64.1 cm³/mol. The zero-order valence-electron chi connectivity index (χ0n) is 9.89. The number of aliphatic hydroxyl groups is 1. The summed E-state index contributed by atoms with van der Waals surface area (Å²) in [4.78, 5) is 0. The average molecular weight is 223 g/mol. The third-order valence-corrected chi connectivity index (χ3v) is 3.45. The SMILES string of the molecule is CCc1cc(N)nn1C1CCCCCC1O. The molecule has 2 atom stereocenters. The molecule has 0 radical (unpaired) electrons. The second-order valence-electron chi connectivity index (χ2n) is 4.63. The average Bonchev–Trinajstić information content (AvgIpc) is 2.50.